The number of carbonyl (C=O) groups is 1. The van der Waals surface area contributed by atoms with Crippen molar-refractivity contribution in [1.82, 2.24) is 19.7 Å². The molecular formula is C22H28N4O3. The number of amides is 1. The molecule has 0 atom stereocenters. The normalized spacial score (nSPS) is 10.8. The Labute approximate surface area is 171 Å². The number of nitrogens with one attached hydrogen (secondary N) is 1. The first-order chi connectivity index (χ1) is 14.0. The molecule has 3 aromatic rings. The molecule has 0 unspecified atom stereocenters. The number of benzene rings is 1. The SMILES string of the molecule is CCCOc1ccc(CNC(=O)c2cnn(C)c2-n2c(C)ccc2C)cc1OC. The molecule has 1 N–H and O–H groups in total. The number of hydrogen-bond donors (Lipinski definition) is 1. The summed E-state index contributed by atoms with van der Waals surface area (Å²) in [7, 11) is 3.45. The van der Waals surface area contributed by atoms with E-state index in [1.165, 1.54) is 0 Å². The molecule has 29 heavy (non-hydrogen) atoms. The number of aromatic nitrogens is 3. The Bertz CT molecular complexity index is 984. The fourth-order valence-corrected chi connectivity index (χ4v) is 3.29. The van der Waals surface area contributed by atoms with E-state index >= 15 is 0 Å². The average molecular weight is 396 g/mol. The average Bonchev–Trinajstić information content (AvgIpc) is 3.25. The van der Waals surface area contributed by atoms with Gasteiger partial charge in [0.25, 0.3) is 5.91 Å². The first kappa shape index (κ1) is 20.5. The molecule has 0 aliphatic rings. The van der Waals surface area contributed by atoms with E-state index in [1.54, 1.807) is 18.0 Å². The predicted octanol–water partition coefficient (Wildman–Crippen LogP) is 3.56. The monoisotopic (exact) mass is 396 g/mol. The van der Waals surface area contributed by atoms with Crippen LogP contribution in [0.15, 0.2) is 36.5 Å². The number of ether oxygens (including phenoxy) is 2. The lowest BCUT2D eigenvalue weighted by Gasteiger charge is -2.14. The Morgan fingerprint density at radius 1 is 1.14 bits per heavy atom. The van der Waals surface area contributed by atoms with Gasteiger partial charge in [-0.3, -0.25) is 9.48 Å². The molecule has 0 saturated heterocycles. The van der Waals surface area contributed by atoms with Crippen LogP contribution in [0.25, 0.3) is 5.82 Å². The van der Waals surface area contributed by atoms with Crippen LogP contribution in [0.1, 0.15) is 40.7 Å². The van der Waals surface area contributed by atoms with Gasteiger partial charge in [0.15, 0.2) is 11.5 Å². The van der Waals surface area contributed by atoms with Crippen molar-refractivity contribution in [3.05, 3.63) is 59.0 Å². The lowest BCUT2D eigenvalue weighted by atomic mass is 10.2. The Morgan fingerprint density at radius 2 is 1.86 bits per heavy atom. The van der Waals surface area contributed by atoms with Gasteiger partial charge in [0.1, 0.15) is 11.4 Å². The van der Waals surface area contributed by atoms with Gasteiger partial charge in [-0.25, -0.2) is 0 Å². The maximum absolute atomic E-state index is 12.9. The largest absolute Gasteiger partial charge is 0.493 e. The van der Waals surface area contributed by atoms with Gasteiger partial charge in [0, 0.05) is 25.0 Å². The minimum absolute atomic E-state index is 0.175. The van der Waals surface area contributed by atoms with Gasteiger partial charge < -0.3 is 19.4 Å². The van der Waals surface area contributed by atoms with Gasteiger partial charge in [0.2, 0.25) is 0 Å². The number of rotatable bonds is 8. The van der Waals surface area contributed by atoms with Crippen LogP contribution in [0.4, 0.5) is 0 Å². The predicted molar refractivity (Wildman–Crippen MR) is 112 cm³/mol. The number of hydrogen-bond acceptors (Lipinski definition) is 4. The van der Waals surface area contributed by atoms with Crippen LogP contribution in [-0.2, 0) is 13.6 Å². The summed E-state index contributed by atoms with van der Waals surface area (Å²) in [6.07, 6.45) is 2.53. The first-order valence-electron chi connectivity index (χ1n) is 9.71. The van der Waals surface area contributed by atoms with Crippen molar-refractivity contribution in [2.24, 2.45) is 7.05 Å². The summed E-state index contributed by atoms with van der Waals surface area (Å²) in [6, 6.07) is 9.74. The standard InChI is InChI=1S/C22H28N4O3/c1-6-11-29-19-10-9-17(12-20(19)28-5)13-23-21(27)18-14-24-25(4)22(18)26-15(2)7-8-16(26)3/h7-10,12,14H,6,11,13H2,1-5H3,(H,23,27). The summed E-state index contributed by atoms with van der Waals surface area (Å²) < 4.78 is 14.9. The summed E-state index contributed by atoms with van der Waals surface area (Å²) >= 11 is 0. The molecule has 1 aromatic carbocycles. The van der Waals surface area contributed by atoms with Gasteiger partial charge in [0.05, 0.1) is 19.9 Å². The van der Waals surface area contributed by atoms with Crippen LogP contribution in [-0.4, -0.2) is 34.0 Å². The van der Waals surface area contributed by atoms with Crippen molar-refractivity contribution in [1.29, 1.82) is 0 Å². The summed E-state index contributed by atoms with van der Waals surface area (Å²) in [6.45, 7) is 7.09. The fraction of sp³-hybridized carbons (Fsp3) is 0.364. The molecule has 0 radical (unpaired) electrons. The van der Waals surface area contributed by atoms with Crippen LogP contribution >= 0.6 is 0 Å². The molecule has 0 aliphatic heterocycles. The minimum atomic E-state index is -0.175. The van der Waals surface area contributed by atoms with Gasteiger partial charge in [-0.1, -0.05) is 13.0 Å². The zero-order chi connectivity index (χ0) is 21.0. The van der Waals surface area contributed by atoms with Crippen LogP contribution in [0, 0.1) is 13.8 Å². The van der Waals surface area contributed by atoms with Crippen molar-refractivity contribution in [3.8, 4) is 17.3 Å². The van der Waals surface area contributed by atoms with Crippen molar-refractivity contribution in [2.45, 2.75) is 33.7 Å². The van der Waals surface area contributed by atoms with E-state index in [0.717, 1.165) is 29.2 Å². The highest BCUT2D eigenvalue weighted by atomic mass is 16.5. The molecule has 154 valence electrons. The van der Waals surface area contributed by atoms with Crippen molar-refractivity contribution in [2.75, 3.05) is 13.7 Å². The molecule has 0 aliphatic carbocycles. The second-order valence-corrected chi connectivity index (χ2v) is 6.97. The highest BCUT2D eigenvalue weighted by molar-refractivity contribution is 5.97. The van der Waals surface area contributed by atoms with Gasteiger partial charge in [-0.15, -0.1) is 0 Å². The summed E-state index contributed by atoms with van der Waals surface area (Å²) in [5.41, 5.74) is 3.56. The highest BCUT2D eigenvalue weighted by Crippen LogP contribution is 2.28. The smallest absolute Gasteiger partial charge is 0.256 e. The van der Waals surface area contributed by atoms with Gasteiger partial charge in [-0.2, -0.15) is 5.10 Å². The van der Waals surface area contributed by atoms with E-state index < -0.39 is 0 Å². The van der Waals surface area contributed by atoms with Gasteiger partial charge >= 0.3 is 0 Å². The van der Waals surface area contributed by atoms with E-state index in [9.17, 15) is 4.79 Å². The third-order valence-electron chi connectivity index (χ3n) is 4.78. The Hall–Kier alpha value is -3.22. The first-order valence-corrected chi connectivity index (χ1v) is 9.71. The van der Waals surface area contributed by atoms with Crippen LogP contribution in [0.2, 0.25) is 0 Å². The van der Waals surface area contributed by atoms with Crippen LogP contribution in [0.3, 0.4) is 0 Å². The molecule has 3 rings (SSSR count). The van der Waals surface area contributed by atoms with Gasteiger partial charge in [-0.05, 0) is 50.1 Å². The van der Waals surface area contributed by atoms with Crippen molar-refractivity contribution in [3.63, 3.8) is 0 Å². The zero-order valence-corrected chi connectivity index (χ0v) is 17.7. The zero-order valence-electron chi connectivity index (χ0n) is 17.7. The van der Waals surface area contributed by atoms with Crippen molar-refractivity contribution < 1.29 is 14.3 Å². The van der Waals surface area contributed by atoms with E-state index in [1.807, 2.05) is 55.8 Å². The molecule has 2 aromatic heterocycles. The number of aryl methyl sites for hydroxylation is 3. The Morgan fingerprint density at radius 3 is 2.52 bits per heavy atom. The summed E-state index contributed by atoms with van der Waals surface area (Å²) in [5, 5.41) is 7.28. The third kappa shape index (κ3) is 4.29. The molecular weight excluding hydrogens is 368 g/mol. The quantitative estimate of drug-likeness (QED) is 0.632. The molecule has 1 amide bonds. The van der Waals surface area contributed by atoms with E-state index in [0.29, 0.717) is 30.2 Å². The lowest BCUT2D eigenvalue weighted by molar-refractivity contribution is 0.0950. The van der Waals surface area contributed by atoms with Crippen molar-refractivity contribution >= 4 is 5.91 Å². The summed E-state index contributed by atoms with van der Waals surface area (Å²) in [4.78, 5) is 12.9. The van der Waals surface area contributed by atoms with Crippen LogP contribution in [0.5, 0.6) is 11.5 Å². The third-order valence-corrected chi connectivity index (χ3v) is 4.78. The summed E-state index contributed by atoms with van der Waals surface area (Å²) in [5.74, 6) is 1.94. The maximum Gasteiger partial charge on any atom is 0.256 e. The Balaban J connectivity index is 1.77. The topological polar surface area (TPSA) is 70.3 Å². The molecule has 0 saturated carbocycles. The molecule has 0 spiro atoms. The maximum atomic E-state index is 12.9. The second kappa shape index (κ2) is 8.86. The molecule has 0 fully saturated rings. The number of nitrogens with zero attached hydrogens (tertiary/aromatic N) is 3. The number of carbonyl (C=O) groups excluding carboxylic acids is 1. The molecule has 2 heterocycles. The molecule has 7 heteroatoms. The fourth-order valence-electron chi connectivity index (χ4n) is 3.29. The van der Waals surface area contributed by atoms with E-state index in [-0.39, 0.29) is 5.91 Å². The van der Waals surface area contributed by atoms with E-state index in [4.69, 9.17) is 9.47 Å². The Kier molecular flexibility index (Phi) is 6.26. The van der Waals surface area contributed by atoms with Crippen LogP contribution < -0.4 is 14.8 Å². The molecule has 7 nitrogen and oxygen atoms in total. The lowest BCUT2D eigenvalue weighted by Crippen LogP contribution is -2.24. The minimum Gasteiger partial charge on any atom is -0.493 e. The number of methoxy groups -OCH3 is 1. The van der Waals surface area contributed by atoms with E-state index in [2.05, 4.69) is 17.3 Å². The molecule has 0 bridgehead atoms. The second-order valence-electron chi connectivity index (χ2n) is 6.97. The highest BCUT2D eigenvalue weighted by Gasteiger charge is 2.19.